The summed E-state index contributed by atoms with van der Waals surface area (Å²) in [7, 11) is 0. The van der Waals surface area contributed by atoms with Crippen molar-refractivity contribution in [3.05, 3.63) is 18.2 Å². The van der Waals surface area contributed by atoms with E-state index in [0.717, 1.165) is 49.5 Å². The molecule has 1 N–H and O–H groups in total. The molecular formula is C13H16N2O2. The van der Waals surface area contributed by atoms with Crippen molar-refractivity contribution >= 4 is 5.69 Å². The Labute approximate surface area is 101 Å². The zero-order valence-corrected chi connectivity index (χ0v) is 9.69. The average Bonchev–Trinajstić information content (AvgIpc) is 3.02. The lowest BCUT2D eigenvalue weighted by atomic mass is 10.0. The minimum atomic E-state index is 0.356. The van der Waals surface area contributed by atoms with E-state index in [9.17, 15) is 0 Å². The molecule has 4 rings (SSSR count). The van der Waals surface area contributed by atoms with Gasteiger partial charge in [-0.2, -0.15) is 0 Å². The van der Waals surface area contributed by atoms with Gasteiger partial charge in [0, 0.05) is 26.2 Å². The van der Waals surface area contributed by atoms with Gasteiger partial charge in [0.2, 0.25) is 6.79 Å². The highest BCUT2D eigenvalue weighted by molar-refractivity contribution is 5.66. The van der Waals surface area contributed by atoms with Crippen LogP contribution in [0.4, 0.5) is 5.69 Å². The summed E-state index contributed by atoms with van der Waals surface area (Å²) in [6.45, 7) is 4.95. The third-order valence-corrected chi connectivity index (χ3v) is 4.11. The van der Waals surface area contributed by atoms with E-state index in [4.69, 9.17) is 9.47 Å². The number of para-hydroxylation sites is 1. The standard InChI is InChI=1S/C13H16N2O2/c1-2-11(13-12(3-1)16-8-17-13)15-6-9-4-14-5-10(9)7-15/h1-3,9-10,14H,4-8H2. The zero-order valence-electron chi connectivity index (χ0n) is 9.69. The summed E-state index contributed by atoms with van der Waals surface area (Å²) in [4.78, 5) is 2.45. The minimum absolute atomic E-state index is 0.356. The van der Waals surface area contributed by atoms with Crippen LogP contribution in [-0.2, 0) is 0 Å². The quantitative estimate of drug-likeness (QED) is 0.785. The highest BCUT2D eigenvalue weighted by Crippen LogP contribution is 2.43. The third kappa shape index (κ3) is 1.40. The van der Waals surface area contributed by atoms with Gasteiger partial charge in [-0.25, -0.2) is 0 Å². The number of nitrogens with one attached hydrogen (secondary N) is 1. The zero-order chi connectivity index (χ0) is 11.2. The predicted octanol–water partition coefficient (Wildman–Crippen LogP) is 1.07. The topological polar surface area (TPSA) is 33.7 Å². The number of anilines is 1. The molecule has 0 amide bonds. The number of rotatable bonds is 1. The molecule has 0 radical (unpaired) electrons. The Morgan fingerprint density at radius 1 is 1.12 bits per heavy atom. The fraction of sp³-hybridized carbons (Fsp3) is 0.538. The van der Waals surface area contributed by atoms with Crippen molar-refractivity contribution in [2.75, 3.05) is 37.9 Å². The molecule has 0 spiro atoms. The molecule has 0 saturated carbocycles. The molecule has 0 bridgehead atoms. The smallest absolute Gasteiger partial charge is 0.231 e. The molecule has 3 aliphatic heterocycles. The highest BCUT2D eigenvalue weighted by Gasteiger charge is 2.37. The summed E-state index contributed by atoms with van der Waals surface area (Å²) in [6.07, 6.45) is 0. The van der Waals surface area contributed by atoms with E-state index in [2.05, 4.69) is 22.3 Å². The first kappa shape index (κ1) is 9.59. The maximum absolute atomic E-state index is 5.58. The number of hydrogen-bond acceptors (Lipinski definition) is 4. The summed E-state index contributed by atoms with van der Waals surface area (Å²) in [5.41, 5.74) is 1.20. The molecule has 2 atom stereocenters. The van der Waals surface area contributed by atoms with Crippen LogP contribution >= 0.6 is 0 Å². The van der Waals surface area contributed by atoms with E-state index >= 15 is 0 Å². The lowest BCUT2D eigenvalue weighted by Crippen LogP contribution is -2.25. The molecule has 3 heterocycles. The van der Waals surface area contributed by atoms with E-state index in [1.807, 2.05) is 6.07 Å². The summed E-state index contributed by atoms with van der Waals surface area (Å²) >= 11 is 0. The molecule has 4 heteroatoms. The number of fused-ring (bicyclic) bond motifs is 2. The SMILES string of the molecule is c1cc2c(c(N3CC4CNCC4C3)c1)OCO2. The van der Waals surface area contributed by atoms with Crippen molar-refractivity contribution in [3.63, 3.8) is 0 Å². The summed E-state index contributed by atoms with van der Waals surface area (Å²) in [5, 5.41) is 3.47. The normalized spacial score (nSPS) is 29.8. The first-order valence-corrected chi connectivity index (χ1v) is 6.26. The van der Waals surface area contributed by atoms with Crippen LogP contribution in [0.2, 0.25) is 0 Å². The van der Waals surface area contributed by atoms with Crippen LogP contribution < -0.4 is 19.7 Å². The second-order valence-electron chi connectivity index (χ2n) is 5.09. The van der Waals surface area contributed by atoms with Crippen LogP contribution in [-0.4, -0.2) is 33.0 Å². The molecule has 2 fully saturated rings. The molecule has 90 valence electrons. The summed E-state index contributed by atoms with van der Waals surface area (Å²) in [6, 6.07) is 6.17. The van der Waals surface area contributed by atoms with E-state index in [-0.39, 0.29) is 0 Å². The van der Waals surface area contributed by atoms with Crippen molar-refractivity contribution in [2.24, 2.45) is 11.8 Å². The van der Waals surface area contributed by atoms with Gasteiger partial charge in [-0.05, 0) is 24.0 Å². The molecule has 4 nitrogen and oxygen atoms in total. The molecule has 0 aliphatic carbocycles. The molecule has 0 aromatic heterocycles. The molecule has 17 heavy (non-hydrogen) atoms. The van der Waals surface area contributed by atoms with Crippen LogP contribution in [0.1, 0.15) is 0 Å². The van der Waals surface area contributed by atoms with Gasteiger partial charge in [-0.1, -0.05) is 6.07 Å². The second kappa shape index (κ2) is 3.53. The van der Waals surface area contributed by atoms with E-state index in [0.29, 0.717) is 6.79 Å². The maximum atomic E-state index is 5.58. The molecule has 2 saturated heterocycles. The maximum Gasteiger partial charge on any atom is 0.231 e. The number of hydrogen-bond donors (Lipinski definition) is 1. The van der Waals surface area contributed by atoms with Gasteiger partial charge in [0.15, 0.2) is 11.5 Å². The third-order valence-electron chi connectivity index (χ3n) is 4.11. The summed E-state index contributed by atoms with van der Waals surface area (Å²) in [5.74, 6) is 3.42. The lowest BCUT2D eigenvalue weighted by Gasteiger charge is -2.21. The van der Waals surface area contributed by atoms with Crippen molar-refractivity contribution in [1.29, 1.82) is 0 Å². The van der Waals surface area contributed by atoms with Crippen molar-refractivity contribution < 1.29 is 9.47 Å². The van der Waals surface area contributed by atoms with Crippen LogP contribution in [0.15, 0.2) is 18.2 Å². The van der Waals surface area contributed by atoms with Crippen LogP contribution in [0, 0.1) is 11.8 Å². The number of ether oxygens (including phenoxy) is 2. The lowest BCUT2D eigenvalue weighted by molar-refractivity contribution is 0.174. The number of nitrogens with zero attached hydrogens (tertiary/aromatic N) is 1. The highest BCUT2D eigenvalue weighted by atomic mass is 16.7. The second-order valence-corrected chi connectivity index (χ2v) is 5.09. The number of benzene rings is 1. The van der Waals surface area contributed by atoms with Gasteiger partial charge in [0.1, 0.15) is 0 Å². The largest absolute Gasteiger partial charge is 0.454 e. The van der Waals surface area contributed by atoms with Crippen molar-refractivity contribution in [3.8, 4) is 11.5 Å². The minimum Gasteiger partial charge on any atom is -0.454 e. The van der Waals surface area contributed by atoms with Gasteiger partial charge in [0.05, 0.1) is 5.69 Å². The fourth-order valence-electron chi connectivity index (χ4n) is 3.22. The van der Waals surface area contributed by atoms with Crippen molar-refractivity contribution in [2.45, 2.75) is 0 Å². The molecule has 1 aromatic rings. The van der Waals surface area contributed by atoms with Crippen LogP contribution in [0.3, 0.4) is 0 Å². The Balaban J connectivity index is 1.65. The first-order valence-electron chi connectivity index (χ1n) is 6.26. The Morgan fingerprint density at radius 3 is 2.76 bits per heavy atom. The van der Waals surface area contributed by atoms with Crippen LogP contribution in [0.25, 0.3) is 0 Å². The first-order chi connectivity index (χ1) is 8.42. The van der Waals surface area contributed by atoms with Gasteiger partial charge in [0.25, 0.3) is 0 Å². The Kier molecular flexibility index (Phi) is 1.99. The van der Waals surface area contributed by atoms with E-state index in [1.54, 1.807) is 0 Å². The van der Waals surface area contributed by atoms with Crippen LogP contribution in [0.5, 0.6) is 11.5 Å². The monoisotopic (exact) mass is 232 g/mol. The molecule has 2 unspecified atom stereocenters. The molecule has 3 aliphatic rings. The predicted molar refractivity (Wildman–Crippen MR) is 64.6 cm³/mol. The van der Waals surface area contributed by atoms with Gasteiger partial charge < -0.3 is 19.7 Å². The van der Waals surface area contributed by atoms with Gasteiger partial charge >= 0.3 is 0 Å². The fourth-order valence-corrected chi connectivity index (χ4v) is 3.22. The van der Waals surface area contributed by atoms with Crippen molar-refractivity contribution in [1.82, 2.24) is 5.32 Å². The Morgan fingerprint density at radius 2 is 1.94 bits per heavy atom. The summed E-state index contributed by atoms with van der Waals surface area (Å²) < 4.78 is 11.0. The molecular weight excluding hydrogens is 216 g/mol. The molecule has 1 aromatic carbocycles. The average molecular weight is 232 g/mol. The van der Waals surface area contributed by atoms with E-state index < -0.39 is 0 Å². The van der Waals surface area contributed by atoms with Gasteiger partial charge in [-0.15, -0.1) is 0 Å². The van der Waals surface area contributed by atoms with Gasteiger partial charge in [-0.3, -0.25) is 0 Å². The Hall–Kier alpha value is -1.42. The van der Waals surface area contributed by atoms with E-state index in [1.165, 1.54) is 5.69 Å². The Bertz CT molecular complexity index is 437.